The first-order valence-electron chi connectivity index (χ1n) is 5.95. The quantitative estimate of drug-likeness (QED) is 0.727. The third-order valence-electron chi connectivity index (χ3n) is 2.76. The zero-order chi connectivity index (χ0) is 12.8. The second-order valence-electron chi connectivity index (χ2n) is 4.11. The Labute approximate surface area is 117 Å². The maximum Gasteiger partial charge on any atom is 0.0516 e. The van der Waals surface area contributed by atoms with Gasteiger partial charge in [0.2, 0.25) is 0 Å². The number of benzene rings is 2. The standard InChI is InChI=1S/C16H16BrN/c1-2-12-18(13-14-8-4-3-5-9-14)16-11-7-6-10-15(16)17/h2-11H,1,12-13H2. The highest BCUT2D eigenvalue weighted by molar-refractivity contribution is 9.10. The molecular weight excluding hydrogens is 286 g/mol. The van der Waals surface area contributed by atoms with Crippen LogP contribution in [0.2, 0.25) is 0 Å². The first kappa shape index (κ1) is 12.9. The van der Waals surface area contributed by atoms with Crippen LogP contribution < -0.4 is 4.90 Å². The van der Waals surface area contributed by atoms with Crippen LogP contribution in [0.3, 0.4) is 0 Å². The van der Waals surface area contributed by atoms with Gasteiger partial charge in [-0.1, -0.05) is 48.5 Å². The van der Waals surface area contributed by atoms with Crippen LogP contribution in [-0.2, 0) is 6.54 Å². The van der Waals surface area contributed by atoms with Gasteiger partial charge in [-0.25, -0.2) is 0 Å². The lowest BCUT2D eigenvalue weighted by molar-refractivity contribution is 0.865. The topological polar surface area (TPSA) is 3.24 Å². The molecular formula is C16H16BrN. The van der Waals surface area contributed by atoms with Gasteiger partial charge >= 0.3 is 0 Å². The average molecular weight is 302 g/mol. The van der Waals surface area contributed by atoms with Gasteiger partial charge in [-0.2, -0.15) is 0 Å². The van der Waals surface area contributed by atoms with Crippen LogP contribution in [0.1, 0.15) is 5.56 Å². The highest BCUT2D eigenvalue weighted by Gasteiger charge is 2.08. The first-order valence-corrected chi connectivity index (χ1v) is 6.75. The van der Waals surface area contributed by atoms with E-state index in [1.54, 1.807) is 0 Å². The van der Waals surface area contributed by atoms with Crippen molar-refractivity contribution in [1.29, 1.82) is 0 Å². The van der Waals surface area contributed by atoms with Gasteiger partial charge in [0.1, 0.15) is 0 Å². The number of hydrogen-bond donors (Lipinski definition) is 0. The van der Waals surface area contributed by atoms with Gasteiger partial charge in [0.25, 0.3) is 0 Å². The molecule has 2 aromatic carbocycles. The zero-order valence-corrected chi connectivity index (χ0v) is 11.8. The summed E-state index contributed by atoms with van der Waals surface area (Å²) in [6.45, 7) is 5.56. The molecule has 2 aromatic rings. The van der Waals surface area contributed by atoms with E-state index in [1.165, 1.54) is 11.3 Å². The maximum absolute atomic E-state index is 3.84. The lowest BCUT2D eigenvalue weighted by Crippen LogP contribution is -2.22. The van der Waals surface area contributed by atoms with Crippen molar-refractivity contribution in [2.75, 3.05) is 11.4 Å². The van der Waals surface area contributed by atoms with E-state index in [9.17, 15) is 0 Å². The molecule has 0 heterocycles. The third-order valence-corrected chi connectivity index (χ3v) is 3.43. The van der Waals surface area contributed by atoms with Crippen LogP contribution in [0.15, 0.2) is 71.7 Å². The Bertz CT molecular complexity index is 508. The Morgan fingerprint density at radius 3 is 2.33 bits per heavy atom. The molecule has 92 valence electrons. The second-order valence-corrected chi connectivity index (χ2v) is 4.96. The number of hydrogen-bond acceptors (Lipinski definition) is 1. The molecule has 0 N–H and O–H groups in total. The Hall–Kier alpha value is -1.54. The van der Waals surface area contributed by atoms with Crippen molar-refractivity contribution in [3.63, 3.8) is 0 Å². The molecule has 0 spiro atoms. The Morgan fingerprint density at radius 2 is 1.67 bits per heavy atom. The molecule has 0 aliphatic heterocycles. The number of rotatable bonds is 5. The Kier molecular flexibility index (Phi) is 4.59. The van der Waals surface area contributed by atoms with Crippen LogP contribution in [0.4, 0.5) is 5.69 Å². The Balaban J connectivity index is 2.24. The van der Waals surface area contributed by atoms with Crippen LogP contribution in [0, 0.1) is 0 Å². The normalized spacial score (nSPS) is 10.1. The van der Waals surface area contributed by atoms with Crippen LogP contribution in [0.5, 0.6) is 0 Å². The predicted molar refractivity (Wildman–Crippen MR) is 81.8 cm³/mol. The molecule has 0 fully saturated rings. The average Bonchev–Trinajstić information content (AvgIpc) is 2.40. The van der Waals surface area contributed by atoms with Crippen molar-refractivity contribution >= 4 is 21.6 Å². The number of nitrogens with zero attached hydrogens (tertiary/aromatic N) is 1. The van der Waals surface area contributed by atoms with Gasteiger partial charge < -0.3 is 4.90 Å². The highest BCUT2D eigenvalue weighted by Crippen LogP contribution is 2.26. The molecule has 0 radical (unpaired) electrons. The SMILES string of the molecule is C=CCN(Cc1ccccc1)c1ccccc1Br. The summed E-state index contributed by atoms with van der Waals surface area (Å²) in [5.41, 5.74) is 2.50. The van der Waals surface area contributed by atoms with Crippen molar-refractivity contribution in [3.05, 3.63) is 77.3 Å². The molecule has 0 aliphatic rings. The maximum atomic E-state index is 3.84. The fourth-order valence-corrected chi connectivity index (χ4v) is 2.45. The van der Waals surface area contributed by atoms with Crippen LogP contribution >= 0.6 is 15.9 Å². The molecule has 0 unspecified atom stereocenters. The molecule has 0 saturated carbocycles. The van der Waals surface area contributed by atoms with Crippen molar-refractivity contribution in [1.82, 2.24) is 0 Å². The number of halogens is 1. The van der Waals surface area contributed by atoms with E-state index in [0.717, 1.165) is 17.6 Å². The molecule has 0 amide bonds. The molecule has 1 nitrogen and oxygen atoms in total. The molecule has 0 aliphatic carbocycles. The summed E-state index contributed by atoms with van der Waals surface area (Å²) < 4.78 is 1.11. The summed E-state index contributed by atoms with van der Waals surface area (Å²) in [5, 5.41) is 0. The van der Waals surface area contributed by atoms with Crippen molar-refractivity contribution in [2.24, 2.45) is 0 Å². The Morgan fingerprint density at radius 1 is 1.00 bits per heavy atom. The summed E-state index contributed by atoms with van der Waals surface area (Å²) in [6, 6.07) is 18.7. The number of anilines is 1. The molecule has 0 aromatic heterocycles. The molecule has 0 bridgehead atoms. The van der Waals surface area contributed by atoms with Crippen molar-refractivity contribution in [2.45, 2.75) is 6.54 Å². The minimum absolute atomic E-state index is 0.831. The summed E-state index contributed by atoms with van der Waals surface area (Å²) in [4.78, 5) is 2.30. The summed E-state index contributed by atoms with van der Waals surface area (Å²) in [5.74, 6) is 0. The highest BCUT2D eigenvalue weighted by atomic mass is 79.9. The summed E-state index contributed by atoms with van der Waals surface area (Å²) in [7, 11) is 0. The van der Waals surface area contributed by atoms with Gasteiger partial charge in [0.15, 0.2) is 0 Å². The summed E-state index contributed by atoms with van der Waals surface area (Å²) in [6.07, 6.45) is 1.93. The van der Waals surface area contributed by atoms with Crippen LogP contribution in [-0.4, -0.2) is 6.54 Å². The lowest BCUT2D eigenvalue weighted by atomic mass is 10.2. The van der Waals surface area contributed by atoms with E-state index in [2.05, 4.69) is 69.9 Å². The number of para-hydroxylation sites is 1. The monoisotopic (exact) mass is 301 g/mol. The smallest absolute Gasteiger partial charge is 0.0516 e. The van der Waals surface area contributed by atoms with E-state index in [-0.39, 0.29) is 0 Å². The second kappa shape index (κ2) is 6.41. The minimum Gasteiger partial charge on any atom is -0.363 e. The van der Waals surface area contributed by atoms with Crippen LogP contribution in [0.25, 0.3) is 0 Å². The predicted octanol–water partition coefficient (Wildman–Crippen LogP) is 4.64. The largest absolute Gasteiger partial charge is 0.363 e. The molecule has 18 heavy (non-hydrogen) atoms. The van der Waals surface area contributed by atoms with Crippen molar-refractivity contribution in [3.8, 4) is 0 Å². The fraction of sp³-hybridized carbons (Fsp3) is 0.125. The van der Waals surface area contributed by atoms with E-state index >= 15 is 0 Å². The molecule has 0 saturated heterocycles. The fourth-order valence-electron chi connectivity index (χ4n) is 1.92. The van der Waals surface area contributed by atoms with Gasteiger partial charge in [-0.3, -0.25) is 0 Å². The van der Waals surface area contributed by atoms with Crippen molar-refractivity contribution < 1.29 is 0 Å². The van der Waals surface area contributed by atoms with Gasteiger partial charge in [0, 0.05) is 17.6 Å². The lowest BCUT2D eigenvalue weighted by Gasteiger charge is -2.24. The van der Waals surface area contributed by atoms with E-state index in [4.69, 9.17) is 0 Å². The minimum atomic E-state index is 0.831. The van der Waals surface area contributed by atoms with Gasteiger partial charge in [-0.05, 0) is 33.6 Å². The van der Waals surface area contributed by atoms with E-state index in [0.29, 0.717) is 0 Å². The van der Waals surface area contributed by atoms with Gasteiger partial charge in [-0.15, -0.1) is 6.58 Å². The van der Waals surface area contributed by atoms with Gasteiger partial charge in [0.05, 0.1) is 5.69 Å². The first-order chi connectivity index (χ1) is 8.81. The third kappa shape index (κ3) is 3.23. The van der Waals surface area contributed by atoms with E-state index in [1.807, 2.05) is 18.2 Å². The molecule has 0 atom stereocenters. The summed E-state index contributed by atoms with van der Waals surface area (Å²) >= 11 is 3.60. The molecule has 2 rings (SSSR count). The zero-order valence-electron chi connectivity index (χ0n) is 10.2. The molecule has 2 heteroatoms. The van der Waals surface area contributed by atoms with E-state index < -0.39 is 0 Å².